The highest BCUT2D eigenvalue weighted by molar-refractivity contribution is 7.13. The molecule has 0 bridgehead atoms. The molecule has 1 heterocycles. The fourth-order valence-electron chi connectivity index (χ4n) is 1.33. The Kier molecular flexibility index (Phi) is 1.89. The SMILES string of the molecule is CC1C[C@H](C)CN1P. The van der Waals surface area contributed by atoms with E-state index in [1.165, 1.54) is 13.0 Å². The van der Waals surface area contributed by atoms with Gasteiger partial charge < -0.3 is 0 Å². The van der Waals surface area contributed by atoms with Gasteiger partial charge in [-0.15, -0.1) is 0 Å². The fourth-order valence-corrected chi connectivity index (χ4v) is 1.81. The Morgan fingerprint density at radius 2 is 2.12 bits per heavy atom. The Morgan fingerprint density at radius 3 is 2.25 bits per heavy atom. The Bertz CT molecular complexity index is 74.6. The van der Waals surface area contributed by atoms with E-state index in [0.717, 1.165) is 12.0 Å². The van der Waals surface area contributed by atoms with Crippen molar-refractivity contribution in [2.45, 2.75) is 26.3 Å². The summed E-state index contributed by atoms with van der Waals surface area (Å²) < 4.78 is 2.34. The summed E-state index contributed by atoms with van der Waals surface area (Å²) >= 11 is 0. The molecular weight excluding hydrogens is 117 g/mol. The van der Waals surface area contributed by atoms with Gasteiger partial charge in [-0.1, -0.05) is 16.3 Å². The lowest BCUT2D eigenvalue weighted by Gasteiger charge is -2.11. The van der Waals surface area contributed by atoms with E-state index in [1.807, 2.05) is 0 Å². The molecule has 3 atom stereocenters. The molecule has 0 aromatic carbocycles. The first-order chi connectivity index (χ1) is 3.70. The monoisotopic (exact) mass is 131 g/mol. The molecular formula is C6H14NP. The quantitative estimate of drug-likeness (QED) is 0.450. The zero-order valence-electron chi connectivity index (χ0n) is 5.59. The van der Waals surface area contributed by atoms with Crippen LogP contribution < -0.4 is 0 Å². The van der Waals surface area contributed by atoms with Crippen LogP contribution in [0.15, 0.2) is 0 Å². The minimum Gasteiger partial charge on any atom is -0.284 e. The predicted molar refractivity (Wildman–Crippen MR) is 39.7 cm³/mol. The molecule has 0 spiro atoms. The summed E-state index contributed by atoms with van der Waals surface area (Å²) in [6.07, 6.45) is 1.36. The van der Waals surface area contributed by atoms with E-state index in [9.17, 15) is 0 Å². The van der Waals surface area contributed by atoms with Gasteiger partial charge in [0, 0.05) is 12.6 Å². The van der Waals surface area contributed by atoms with Crippen molar-refractivity contribution in [1.29, 1.82) is 0 Å². The van der Waals surface area contributed by atoms with Crippen molar-refractivity contribution < 1.29 is 0 Å². The third-order valence-corrected chi connectivity index (χ3v) is 2.55. The Balaban J connectivity index is 2.39. The molecule has 1 fully saturated rings. The first-order valence-corrected chi connectivity index (χ1v) is 3.73. The summed E-state index contributed by atoms with van der Waals surface area (Å²) in [7, 11) is 2.77. The molecule has 1 aliphatic rings. The van der Waals surface area contributed by atoms with Gasteiger partial charge in [0.1, 0.15) is 0 Å². The number of rotatable bonds is 0. The summed E-state index contributed by atoms with van der Waals surface area (Å²) in [5.74, 6) is 0.905. The molecule has 0 aromatic rings. The zero-order chi connectivity index (χ0) is 6.15. The Labute approximate surface area is 53.7 Å². The number of nitrogens with zero attached hydrogens (tertiary/aromatic N) is 1. The fraction of sp³-hybridized carbons (Fsp3) is 1.00. The largest absolute Gasteiger partial charge is 0.284 e. The van der Waals surface area contributed by atoms with E-state index in [-0.39, 0.29) is 0 Å². The van der Waals surface area contributed by atoms with E-state index in [2.05, 4.69) is 27.9 Å². The molecule has 1 rings (SSSR count). The van der Waals surface area contributed by atoms with Crippen molar-refractivity contribution >= 4 is 9.39 Å². The second-order valence-electron chi connectivity index (χ2n) is 2.89. The van der Waals surface area contributed by atoms with E-state index >= 15 is 0 Å². The van der Waals surface area contributed by atoms with Gasteiger partial charge in [-0.05, 0) is 19.3 Å². The molecule has 0 N–H and O–H groups in total. The van der Waals surface area contributed by atoms with Crippen molar-refractivity contribution in [3.63, 3.8) is 0 Å². The maximum atomic E-state index is 2.77. The van der Waals surface area contributed by atoms with Crippen molar-refractivity contribution in [1.82, 2.24) is 4.67 Å². The molecule has 1 saturated heterocycles. The van der Waals surface area contributed by atoms with E-state index < -0.39 is 0 Å². The van der Waals surface area contributed by atoms with Gasteiger partial charge in [0.2, 0.25) is 0 Å². The minimum atomic E-state index is 0.787. The van der Waals surface area contributed by atoms with Crippen molar-refractivity contribution in [3.8, 4) is 0 Å². The molecule has 0 aliphatic carbocycles. The van der Waals surface area contributed by atoms with Crippen molar-refractivity contribution in [3.05, 3.63) is 0 Å². The van der Waals surface area contributed by atoms with Gasteiger partial charge in [0.25, 0.3) is 0 Å². The van der Waals surface area contributed by atoms with Crippen LogP contribution in [0, 0.1) is 5.92 Å². The molecule has 1 aliphatic heterocycles. The molecule has 0 saturated carbocycles. The van der Waals surface area contributed by atoms with Gasteiger partial charge >= 0.3 is 0 Å². The van der Waals surface area contributed by atoms with Crippen LogP contribution in [0.3, 0.4) is 0 Å². The number of hydrogen-bond donors (Lipinski definition) is 0. The molecule has 2 unspecified atom stereocenters. The molecule has 0 aromatic heterocycles. The van der Waals surface area contributed by atoms with Gasteiger partial charge in [-0.2, -0.15) is 0 Å². The van der Waals surface area contributed by atoms with Crippen LogP contribution in [0.1, 0.15) is 20.3 Å². The summed E-state index contributed by atoms with van der Waals surface area (Å²) in [6, 6.07) is 0.787. The molecule has 0 radical (unpaired) electrons. The minimum absolute atomic E-state index is 0.787. The number of hydrogen-bond acceptors (Lipinski definition) is 1. The standard InChI is InChI=1S/C6H14NP/c1-5-3-6(2)7(8)4-5/h5-6H,3-4,8H2,1-2H3/t5-,6?/m0/s1. The maximum Gasteiger partial charge on any atom is 0.0104 e. The Morgan fingerprint density at radius 1 is 1.50 bits per heavy atom. The van der Waals surface area contributed by atoms with Crippen LogP contribution in [-0.2, 0) is 0 Å². The topological polar surface area (TPSA) is 3.24 Å². The third kappa shape index (κ3) is 1.21. The molecule has 0 amide bonds. The van der Waals surface area contributed by atoms with Crippen LogP contribution >= 0.6 is 9.39 Å². The normalized spacial score (nSPS) is 40.9. The summed E-state index contributed by atoms with van der Waals surface area (Å²) in [4.78, 5) is 0. The second-order valence-corrected chi connectivity index (χ2v) is 3.55. The first-order valence-electron chi connectivity index (χ1n) is 3.21. The van der Waals surface area contributed by atoms with Gasteiger partial charge in [0.15, 0.2) is 0 Å². The lowest BCUT2D eigenvalue weighted by molar-refractivity contribution is 0.464. The first kappa shape index (κ1) is 6.51. The molecule has 48 valence electrons. The summed E-state index contributed by atoms with van der Waals surface area (Å²) in [5, 5.41) is 0. The van der Waals surface area contributed by atoms with Crippen LogP contribution in [0.25, 0.3) is 0 Å². The maximum absolute atomic E-state index is 2.77. The van der Waals surface area contributed by atoms with Gasteiger partial charge in [-0.3, -0.25) is 4.67 Å². The van der Waals surface area contributed by atoms with Crippen LogP contribution in [0.5, 0.6) is 0 Å². The average Bonchev–Trinajstić information content (AvgIpc) is 1.85. The zero-order valence-corrected chi connectivity index (χ0v) is 6.75. The highest BCUT2D eigenvalue weighted by Crippen LogP contribution is 2.24. The molecule has 8 heavy (non-hydrogen) atoms. The van der Waals surface area contributed by atoms with E-state index in [1.54, 1.807) is 0 Å². The lowest BCUT2D eigenvalue weighted by Crippen LogP contribution is -2.14. The lowest BCUT2D eigenvalue weighted by atomic mass is 10.1. The van der Waals surface area contributed by atoms with Crippen molar-refractivity contribution in [2.24, 2.45) is 5.92 Å². The smallest absolute Gasteiger partial charge is 0.0104 e. The Hall–Kier alpha value is 0.390. The highest BCUT2D eigenvalue weighted by atomic mass is 31.0. The second kappa shape index (κ2) is 2.33. The van der Waals surface area contributed by atoms with Crippen LogP contribution in [-0.4, -0.2) is 17.3 Å². The van der Waals surface area contributed by atoms with Crippen LogP contribution in [0.2, 0.25) is 0 Å². The third-order valence-electron chi connectivity index (χ3n) is 1.83. The van der Waals surface area contributed by atoms with Gasteiger partial charge in [0.05, 0.1) is 0 Å². The van der Waals surface area contributed by atoms with E-state index in [0.29, 0.717) is 0 Å². The summed E-state index contributed by atoms with van der Waals surface area (Å²) in [5.41, 5.74) is 0. The molecule has 2 heteroatoms. The van der Waals surface area contributed by atoms with Crippen molar-refractivity contribution in [2.75, 3.05) is 6.54 Å². The van der Waals surface area contributed by atoms with Crippen LogP contribution in [0.4, 0.5) is 0 Å². The van der Waals surface area contributed by atoms with E-state index in [4.69, 9.17) is 0 Å². The van der Waals surface area contributed by atoms with Gasteiger partial charge in [-0.25, -0.2) is 0 Å². The predicted octanol–water partition coefficient (Wildman–Crippen LogP) is 1.51. The summed E-state index contributed by atoms with van der Waals surface area (Å²) in [6.45, 7) is 5.84. The molecule has 1 nitrogen and oxygen atoms in total. The highest BCUT2D eigenvalue weighted by Gasteiger charge is 2.21. The average molecular weight is 131 g/mol.